The van der Waals surface area contributed by atoms with Crippen LogP contribution in [0, 0.1) is 10.8 Å². The van der Waals surface area contributed by atoms with Crippen LogP contribution in [0.3, 0.4) is 0 Å². The number of hydrogen-bond donors (Lipinski definition) is 0. The molecule has 12 heavy (non-hydrogen) atoms. The van der Waals surface area contributed by atoms with E-state index in [1.807, 2.05) is 0 Å². The second kappa shape index (κ2) is 4.30. The van der Waals surface area contributed by atoms with Gasteiger partial charge in [0.25, 0.3) is 0 Å². The maximum absolute atomic E-state index is 2.35. The van der Waals surface area contributed by atoms with Gasteiger partial charge in [-0.3, -0.25) is 0 Å². The minimum atomic E-state index is 0.488. The van der Waals surface area contributed by atoms with Crippen molar-refractivity contribution in [2.75, 3.05) is 0 Å². The first-order valence-electron chi connectivity index (χ1n) is 5.39. The van der Waals surface area contributed by atoms with Gasteiger partial charge in [0.05, 0.1) is 0 Å². The molecule has 0 bridgehead atoms. The first-order valence-corrected chi connectivity index (χ1v) is 5.39. The molecule has 0 aromatic rings. The lowest BCUT2D eigenvalue weighted by Crippen LogP contribution is -2.24. The standard InChI is InChI=1S/C12H26/c1-7-12(8-2,9-3)10-11(4,5)6/h7-10H2,1-6H3. The van der Waals surface area contributed by atoms with Crippen molar-refractivity contribution in [2.24, 2.45) is 10.8 Å². The maximum Gasteiger partial charge on any atom is -0.0300 e. The number of hydrogen-bond acceptors (Lipinski definition) is 0. The van der Waals surface area contributed by atoms with Crippen molar-refractivity contribution in [3.63, 3.8) is 0 Å². The molecule has 0 aromatic heterocycles. The zero-order chi connectivity index (χ0) is 9.83. The number of rotatable bonds is 4. The highest BCUT2D eigenvalue weighted by atomic mass is 14.3. The molecule has 0 rings (SSSR count). The molecule has 0 spiro atoms. The van der Waals surface area contributed by atoms with Crippen LogP contribution in [0.2, 0.25) is 0 Å². The van der Waals surface area contributed by atoms with Crippen molar-refractivity contribution in [2.45, 2.75) is 67.2 Å². The Morgan fingerprint density at radius 3 is 1.17 bits per heavy atom. The molecule has 0 N–H and O–H groups in total. The molecule has 0 atom stereocenters. The van der Waals surface area contributed by atoms with Gasteiger partial charge in [0.2, 0.25) is 0 Å². The van der Waals surface area contributed by atoms with Crippen molar-refractivity contribution in [1.82, 2.24) is 0 Å². The predicted octanol–water partition coefficient (Wildman–Crippen LogP) is 4.64. The fraction of sp³-hybridized carbons (Fsp3) is 1.00. The molecule has 0 aliphatic rings. The molecule has 0 heterocycles. The van der Waals surface area contributed by atoms with Gasteiger partial charge in [0.1, 0.15) is 0 Å². The lowest BCUT2D eigenvalue weighted by atomic mass is 9.69. The van der Waals surface area contributed by atoms with Gasteiger partial charge in [-0.25, -0.2) is 0 Å². The van der Waals surface area contributed by atoms with E-state index >= 15 is 0 Å². The van der Waals surface area contributed by atoms with Crippen LogP contribution in [0.4, 0.5) is 0 Å². The van der Waals surface area contributed by atoms with E-state index in [1.165, 1.54) is 25.7 Å². The molecule has 0 heteroatoms. The van der Waals surface area contributed by atoms with Crippen molar-refractivity contribution in [3.8, 4) is 0 Å². The minimum Gasteiger partial charge on any atom is -0.0649 e. The monoisotopic (exact) mass is 170 g/mol. The Kier molecular flexibility index (Phi) is 4.30. The van der Waals surface area contributed by atoms with E-state index in [-0.39, 0.29) is 0 Å². The summed E-state index contributed by atoms with van der Waals surface area (Å²) in [5.41, 5.74) is 1.10. The zero-order valence-corrected chi connectivity index (χ0v) is 9.83. The summed E-state index contributed by atoms with van der Waals surface area (Å²) in [6.45, 7) is 14.0. The summed E-state index contributed by atoms with van der Waals surface area (Å²) in [6, 6.07) is 0. The third-order valence-corrected chi connectivity index (χ3v) is 3.16. The van der Waals surface area contributed by atoms with E-state index in [9.17, 15) is 0 Å². The molecule has 0 unspecified atom stereocenters. The van der Waals surface area contributed by atoms with Crippen LogP contribution in [-0.2, 0) is 0 Å². The molecule has 74 valence electrons. The van der Waals surface area contributed by atoms with E-state index in [0.717, 1.165) is 0 Å². The molecule has 0 saturated carbocycles. The van der Waals surface area contributed by atoms with Crippen molar-refractivity contribution in [1.29, 1.82) is 0 Å². The highest BCUT2D eigenvalue weighted by Gasteiger charge is 2.29. The fourth-order valence-corrected chi connectivity index (χ4v) is 2.25. The molecule has 0 radical (unpaired) electrons. The van der Waals surface area contributed by atoms with E-state index in [4.69, 9.17) is 0 Å². The second-order valence-corrected chi connectivity index (χ2v) is 5.30. The lowest BCUT2D eigenvalue weighted by molar-refractivity contribution is 0.149. The van der Waals surface area contributed by atoms with Gasteiger partial charge in [0, 0.05) is 0 Å². The summed E-state index contributed by atoms with van der Waals surface area (Å²) < 4.78 is 0. The molecular formula is C12H26. The lowest BCUT2D eigenvalue weighted by Gasteiger charge is -2.36. The van der Waals surface area contributed by atoms with Gasteiger partial charge in [0.15, 0.2) is 0 Å². The minimum absolute atomic E-state index is 0.488. The summed E-state index contributed by atoms with van der Waals surface area (Å²) >= 11 is 0. The highest BCUT2D eigenvalue weighted by Crippen LogP contribution is 2.41. The van der Waals surface area contributed by atoms with Gasteiger partial charge >= 0.3 is 0 Å². The predicted molar refractivity (Wildman–Crippen MR) is 57.4 cm³/mol. The van der Waals surface area contributed by atoms with Crippen molar-refractivity contribution in [3.05, 3.63) is 0 Å². The van der Waals surface area contributed by atoms with E-state index in [0.29, 0.717) is 10.8 Å². The van der Waals surface area contributed by atoms with E-state index in [2.05, 4.69) is 41.5 Å². The molecule has 0 aromatic carbocycles. The Hall–Kier alpha value is 0. The third kappa shape index (κ3) is 3.60. The van der Waals surface area contributed by atoms with Gasteiger partial charge < -0.3 is 0 Å². The van der Waals surface area contributed by atoms with Crippen LogP contribution in [0.25, 0.3) is 0 Å². The van der Waals surface area contributed by atoms with Crippen LogP contribution >= 0.6 is 0 Å². The summed E-state index contributed by atoms with van der Waals surface area (Å²) in [7, 11) is 0. The molecule has 0 fully saturated rings. The molecule has 0 amide bonds. The van der Waals surface area contributed by atoms with E-state index in [1.54, 1.807) is 0 Å². The molecule has 0 nitrogen and oxygen atoms in total. The normalized spacial score (nSPS) is 13.5. The van der Waals surface area contributed by atoms with Crippen LogP contribution in [0.15, 0.2) is 0 Å². The summed E-state index contributed by atoms with van der Waals surface area (Å²) in [6.07, 6.45) is 5.36. The highest BCUT2D eigenvalue weighted by molar-refractivity contribution is 4.80. The Balaban J connectivity index is 4.30. The summed E-state index contributed by atoms with van der Waals surface area (Å²) in [5.74, 6) is 0. The first kappa shape index (κ1) is 12.0. The van der Waals surface area contributed by atoms with Gasteiger partial charge in [-0.1, -0.05) is 60.8 Å². The average molecular weight is 170 g/mol. The van der Waals surface area contributed by atoms with Gasteiger partial charge in [-0.15, -0.1) is 0 Å². The Morgan fingerprint density at radius 2 is 1.08 bits per heavy atom. The third-order valence-electron chi connectivity index (χ3n) is 3.16. The average Bonchev–Trinajstić information content (AvgIpc) is 1.99. The quantitative estimate of drug-likeness (QED) is 0.576. The fourth-order valence-electron chi connectivity index (χ4n) is 2.25. The molecular weight excluding hydrogens is 144 g/mol. The SMILES string of the molecule is CCC(CC)(CC)CC(C)(C)C. The largest absolute Gasteiger partial charge is 0.0649 e. The Bertz CT molecular complexity index is 104. The molecule has 0 aliphatic heterocycles. The smallest absolute Gasteiger partial charge is 0.0300 e. The Labute approximate surface area is 78.8 Å². The van der Waals surface area contributed by atoms with Crippen molar-refractivity contribution < 1.29 is 0 Å². The van der Waals surface area contributed by atoms with Crippen LogP contribution in [0.1, 0.15) is 67.2 Å². The van der Waals surface area contributed by atoms with Crippen LogP contribution < -0.4 is 0 Å². The maximum atomic E-state index is 2.35. The van der Waals surface area contributed by atoms with Crippen LogP contribution in [-0.4, -0.2) is 0 Å². The second-order valence-electron chi connectivity index (χ2n) is 5.30. The van der Waals surface area contributed by atoms with Gasteiger partial charge in [-0.05, 0) is 17.3 Å². The zero-order valence-electron chi connectivity index (χ0n) is 9.83. The topological polar surface area (TPSA) is 0 Å². The van der Waals surface area contributed by atoms with Gasteiger partial charge in [-0.2, -0.15) is 0 Å². The summed E-state index contributed by atoms with van der Waals surface area (Å²) in [5, 5.41) is 0. The summed E-state index contributed by atoms with van der Waals surface area (Å²) in [4.78, 5) is 0. The molecule has 0 saturated heterocycles. The first-order chi connectivity index (χ1) is 5.39. The van der Waals surface area contributed by atoms with Crippen LogP contribution in [0.5, 0.6) is 0 Å². The van der Waals surface area contributed by atoms with Crippen molar-refractivity contribution >= 4 is 0 Å². The molecule has 0 aliphatic carbocycles. The van der Waals surface area contributed by atoms with E-state index < -0.39 is 0 Å². The Morgan fingerprint density at radius 1 is 0.750 bits per heavy atom.